The second-order valence-electron chi connectivity index (χ2n) is 5.87. The van der Waals surface area contributed by atoms with Gasteiger partial charge in [-0.2, -0.15) is 0 Å². The van der Waals surface area contributed by atoms with Crippen LogP contribution in [0.25, 0.3) is 0 Å². The molecular weight excluding hydrogens is 210 g/mol. The van der Waals surface area contributed by atoms with E-state index in [9.17, 15) is 0 Å². The molecule has 1 rings (SSSR count). The normalized spacial score (nSPS) is 25.8. The van der Waals surface area contributed by atoms with Gasteiger partial charge in [-0.25, -0.2) is 0 Å². The molecule has 0 aromatic heterocycles. The van der Waals surface area contributed by atoms with Crippen molar-refractivity contribution < 1.29 is 4.74 Å². The van der Waals surface area contributed by atoms with Crippen LogP contribution in [0.3, 0.4) is 0 Å². The molecule has 0 aromatic carbocycles. The molecule has 0 N–H and O–H groups in total. The highest BCUT2D eigenvalue weighted by atomic mass is 16.5. The Balaban J connectivity index is 2.06. The van der Waals surface area contributed by atoms with Crippen LogP contribution >= 0.6 is 0 Å². The van der Waals surface area contributed by atoms with Gasteiger partial charge in [0, 0.05) is 0 Å². The zero-order chi connectivity index (χ0) is 12.7. The molecule has 0 unspecified atom stereocenters. The van der Waals surface area contributed by atoms with Gasteiger partial charge in [0.25, 0.3) is 0 Å². The minimum absolute atomic E-state index is 0.398. The molecule has 1 fully saturated rings. The summed E-state index contributed by atoms with van der Waals surface area (Å²) < 4.78 is 5.89. The fourth-order valence-corrected chi connectivity index (χ4v) is 2.75. The Morgan fingerprint density at radius 3 is 2.35 bits per heavy atom. The Kier molecular flexibility index (Phi) is 7.14. The van der Waals surface area contributed by atoms with Gasteiger partial charge in [-0.3, -0.25) is 0 Å². The van der Waals surface area contributed by atoms with Crippen LogP contribution in [-0.4, -0.2) is 37.2 Å². The molecule has 0 bridgehead atoms. The first kappa shape index (κ1) is 15.0. The maximum Gasteiger partial charge on any atom is 0.0578 e. The van der Waals surface area contributed by atoms with E-state index in [0.717, 1.165) is 5.92 Å². The third kappa shape index (κ3) is 6.42. The smallest absolute Gasteiger partial charge is 0.0578 e. The maximum atomic E-state index is 5.89. The molecule has 2 heteroatoms. The van der Waals surface area contributed by atoms with Gasteiger partial charge in [0.05, 0.1) is 12.2 Å². The Morgan fingerprint density at radius 2 is 1.82 bits per heavy atom. The maximum absolute atomic E-state index is 5.89. The summed E-state index contributed by atoms with van der Waals surface area (Å²) in [5.74, 6) is 0.965. The third-order valence-electron chi connectivity index (χ3n) is 3.95. The SMILES string of the molecule is CCN(C)CCCC1CCC(OC(C)C)CC1. The van der Waals surface area contributed by atoms with Crippen molar-refractivity contribution in [1.82, 2.24) is 4.90 Å². The van der Waals surface area contributed by atoms with Crippen LogP contribution in [0.4, 0.5) is 0 Å². The average molecular weight is 241 g/mol. The van der Waals surface area contributed by atoms with Gasteiger partial charge in [-0.1, -0.05) is 6.92 Å². The van der Waals surface area contributed by atoms with Gasteiger partial charge in [0.15, 0.2) is 0 Å². The molecule has 0 spiro atoms. The molecule has 2 nitrogen and oxygen atoms in total. The van der Waals surface area contributed by atoms with Crippen molar-refractivity contribution in [3.8, 4) is 0 Å². The highest BCUT2D eigenvalue weighted by molar-refractivity contribution is 4.73. The molecular formula is C15H31NO. The summed E-state index contributed by atoms with van der Waals surface area (Å²) >= 11 is 0. The zero-order valence-electron chi connectivity index (χ0n) is 12.2. The van der Waals surface area contributed by atoms with E-state index in [1.807, 2.05) is 0 Å². The Bertz CT molecular complexity index is 185. The Hall–Kier alpha value is -0.0800. The van der Waals surface area contributed by atoms with E-state index in [2.05, 4.69) is 32.7 Å². The van der Waals surface area contributed by atoms with E-state index in [0.29, 0.717) is 12.2 Å². The molecule has 102 valence electrons. The fourth-order valence-electron chi connectivity index (χ4n) is 2.75. The number of nitrogens with zero attached hydrogens (tertiary/aromatic N) is 1. The summed E-state index contributed by atoms with van der Waals surface area (Å²) in [6.45, 7) is 8.96. The summed E-state index contributed by atoms with van der Waals surface area (Å²) in [6, 6.07) is 0. The molecule has 17 heavy (non-hydrogen) atoms. The first-order valence-corrected chi connectivity index (χ1v) is 7.45. The highest BCUT2D eigenvalue weighted by Crippen LogP contribution is 2.29. The van der Waals surface area contributed by atoms with Crippen molar-refractivity contribution in [2.24, 2.45) is 5.92 Å². The lowest BCUT2D eigenvalue weighted by atomic mass is 9.84. The lowest BCUT2D eigenvalue weighted by Gasteiger charge is -2.30. The fraction of sp³-hybridized carbons (Fsp3) is 1.00. The molecule has 1 saturated carbocycles. The predicted octanol–water partition coefficient (Wildman–Crippen LogP) is 3.70. The predicted molar refractivity (Wildman–Crippen MR) is 74.4 cm³/mol. The van der Waals surface area contributed by atoms with Crippen LogP contribution in [0.15, 0.2) is 0 Å². The second kappa shape index (κ2) is 8.10. The highest BCUT2D eigenvalue weighted by Gasteiger charge is 2.21. The van der Waals surface area contributed by atoms with Gasteiger partial charge in [0.1, 0.15) is 0 Å². The van der Waals surface area contributed by atoms with Crippen LogP contribution in [0.1, 0.15) is 59.3 Å². The lowest BCUT2D eigenvalue weighted by molar-refractivity contribution is -0.0204. The molecule has 0 radical (unpaired) electrons. The van der Waals surface area contributed by atoms with E-state index in [-0.39, 0.29) is 0 Å². The van der Waals surface area contributed by atoms with Gasteiger partial charge in [-0.05, 0) is 78.4 Å². The van der Waals surface area contributed by atoms with E-state index in [4.69, 9.17) is 4.74 Å². The summed E-state index contributed by atoms with van der Waals surface area (Å²) in [5, 5.41) is 0. The number of hydrogen-bond donors (Lipinski definition) is 0. The second-order valence-corrected chi connectivity index (χ2v) is 5.87. The van der Waals surface area contributed by atoms with Gasteiger partial charge < -0.3 is 9.64 Å². The minimum atomic E-state index is 0.398. The minimum Gasteiger partial charge on any atom is -0.376 e. The first-order valence-electron chi connectivity index (χ1n) is 7.45. The number of hydrogen-bond acceptors (Lipinski definition) is 2. The lowest BCUT2D eigenvalue weighted by Crippen LogP contribution is -2.25. The van der Waals surface area contributed by atoms with E-state index >= 15 is 0 Å². The molecule has 0 amide bonds. The van der Waals surface area contributed by atoms with Crippen LogP contribution in [0.5, 0.6) is 0 Å². The monoisotopic (exact) mass is 241 g/mol. The van der Waals surface area contributed by atoms with E-state index in [1.54, 1.807) is 0 Å². The largest absolute Gasteiger partial charge is 0.376 e. The van der Waals surface area contributed by atoms with Crippen molar-refractivity contribution in [1.29, 1.82) is 0 Å². The number of ether oxygens (including phenoxy) is 1. The van der Waals surface area contributed by atoms with Crippen molar-refractivity contribution in [2.45, 2.75) is 71.5 Å². The van der Waals surface area contributed by atoms with Gasteiger partial charge in [0.2, 0.25) is 0 Å². The van der Waals surface area contributed by atoms with Crippen molar-refractivity contribution in [2.75, 3.05) is 20.1 Å². The van der Waals surface area contributed by atoms with Crippen LogP contribution < -0.4 is 0 Å². The summed E-state index contributed by atoms with van der Waals surface area (Å²) in [6.07, 6.45) is 9.06. The average Bonchev–Trinajstić information content (AvgIpc) is 2.30. The topological polar surface area (TPSA) is 12.5 Å². The van der Waals surface area contributed by atoms with E-state index in [1.165, 1.54) is 51.6 Å². The van der Waals surface area contributed by atoms with Crippen molar-refractivity contribution in [3.63, 3.8) is 0 Å². The van der Waals surface area contributed by atoms with Crippen molar-refractivity contribution in [3.05, 3.63) is 0 Å². The van der Waals surface area contributed by atoms with Crippen LogP contribution in [0, 0.1) is 5.92 Å². The van der Waals surface area contributed by atoms with Gasteiger partial charge in [-0.15, -0.1) is 0 Å². The zero-order valence-corrected chi connectivity index (χ0v) is 12.2. The summed E-state index contributed by atoms with van der Waals surface area (Å²) in [5.41, 5.74) is 0. The standard InChI is InChI=1S/C15H31NO/c1-5-16(4)12-6-7-14-8-10-15(11-9-14)17-13(2)3/h13-15H,5-12H2,1-4H3. The molecule has 0 aliphatic heterocycles. The van der Waals surface area contributed by atoms with E-state index < -0.39 is 0 Å². The molecule has 1 aliphatic carbocycles. The summed E-state index contributed by atoms with van der Waals surface area (Å²) in [7, 11) is 2.22. The molecule has 0 heterocycles. The van der Waals surface area contributed by atoms with Crippen molar-refractivity contribution >= 4 is 0 Å². The van der Waals surface area contributed by atoms with Crippen LogP contribution in [-0.2, 0) is 4.74 Å². The molecule has 1 aliphatic rings. The number of rotatable bonds is 7. The first-order chi connectivity index (χ1) is 8.11. The summed E-state index contributed by atoms with van der Waals surface area (Å²) in [4.78, 5) is 2.41. The Labute approximate surface area is 108 Å². The third-order valence-corrected chi connectivity index (χ3v) is 3.95. The Morgan fingerprint density at radius 1 is 1.18 bits per heavy atom. The molecule has 0 atom stereocenters. The molecule has 0 saturated heterocycles. The molecule has 0 aromatic rings. The van der Waals surface area contributed by atoms with Gasteiger partial charge >= 0.3 is 0 Å². The van der Waals surface area contributed by atoms with Crippen LogP contribution in [0.2, 0.25) is 0 Å². The quantitative estimate of drug-likeness (QED) is 0.674.